The Hall–Kier alpha value is -3.20. The molecule has 0 atom stereocenters. The number of aromatic nitrogens is 6. The molecule has 0 radical (unpaired) electrons. The number of anilines is 1. The Balaban J connectivity index is 1.47. The van der Waals surface area contributed by atoms with Crippen LogP contribution in [0.5, 0.6) is 5.88 Å². The molecular weight excluding hydrogens is 394 g/mol. The quantitative estimate of drug-likeness (QED) is 0.452. The third-order valence-corrected chi connectivity index (χ3v) is 6.48. The van der Waals surface area contributed by atoms with Gasteiger partial charge in [-0.25, -0.2) is 0 Å². The molecule has 1 saturated carbocycles. The molecular formula is C22H27N7O2. The van der Waals surface area contributed by atoms with Crippen LogP contribution in [0.3, 0.4) is 0 Å². The highest BCUT2D eigenvalue weighted by Crippen LogP contribution is 2.36. The minimum atomic E-state index is -0.529. The number of pyridine rings is 1. The Kier molecular flexibility index (Phi) is 4.77. The lowest BCUT2D eigenvalue weighted by Crippen LogP contribution is -2.38. The van der Waals surface area contributed by atoms with Gasteiger partial charge in [0, 0.05) is 29.6 Å². The van der Waals surface area contributed by atoms with E-state index < -0.39 is 5.60 Å². The topological polar surface area (TPSA) is 113 Å². The monoisotopic (exact) mass is 421 g/mol. The predicted octanol–water partition coefficient (Wildman–Crippen LogP) is 3.48. The van der Waals surface area contributed by atoms with Crippen LogP contribution in [0.15, 0.2) is 24.5 Å². The third kappa shape index (κ3) is 3.48. The number of aromatic amines is 1. The average molecular weight is 422 g/mol. The SMILES string of the molecule is CC[C@]1(O)CC[C@@H](Nc2nc(OC)c3c(-c4ccc5nnc(C)n5c4)c[nH]c3n2)CC1. The van der Waals surface area contributed by atoms with Crippen LogP contribution in [0, 0.1) is 6.92 Å². The fourth-order valence-electron chi connectivity index (χ4n) is 4.44. The molecule has 5 rings (SSSR count). The zero-order valence-electron chi connectivity index (χ0n) is 18.0. The molecule has 4 aromatic heterocycles. The van der Waals surface area contributed by atoms with Gasteiger partial charge in [-0.1, -0.05) is 6.92 Å². The van der Waals surface area contributed by atoms with Crippen LogP contribution in [-0.2, 0) is 0 Å². The van der Waals surface area contributed by atoms with Gasteiger partial charge in [-0.05, 0) is 51.2 Å². The van der Waals surface area contributed by atoms with Gasteiger partial charge in [0.1, 0.15) is 11.5 Å². The molecule has 3 N–H and O–H groups in total. The van der Waals surface area contributed by atoms with Crippen molar-refractivity contribution >= 4 is 22.6 Å². The molecule has 162 valence electrons. The number of rotatable bonds is 5. The molecule has 1 fully saturated rings. The maximum absolute atomic E-state index is 10.5. The first-order chi connectivity index (χ1) is 15.0. The fourth-order valence-corrected chi connectivity index (χ4v) is 4.44. The summed E-state index contributed by atoms with van der Waals surface area (Å²) in [5.41, 5.74) is 2.94. The van der Waals surface area contributed by atoms with Crippen LogP contribution in [0.2, 0.25) is 0 Å². The summed E-state index contributed by atoms with van der Waals surface area (Å²) in [6.45, 7) is 3.97. The molecule has 1 aliphatic carbocycles. The predicted molar refractivity (Wildman–Crippen MR) is 118 cm³/mol. The first-order valence-corrected chi connectivity index (χ1v) is 10.7. The van der Waals surface area contributed by atoms with Crippen molar-refractivity contribution < 1.29 is 9.84 Å². The number of nitrogens with one attached hydrogen (secondary N) is 2. The van der Waals surface area contributed by atoms with Crippen molar-refractivity contribution in [3.63, 3.8) is 0 Å². The highest BCUT2D eigenvalue weighted by molar-refractivity contribution is 5.97. The molecule has 9 heteroatoms. The number of hydrogen-bond donors (Lipinski definition) is 3. The third-order valence-electron chi connectivity index (χ3n) is 6.48. The standard InChI is InChI=1S/C22H27N7O2/c1-4-22(30)9-7-15(8-10-22)24-21-25-19-18(20(26-21)31-3)16(11-23-19)14-5-6-17-28-27-13(2)29(17)12-14/h5-6,11-12,15,30H,4,7-10H2,1-3H3,(H2,23,24,25,26)/t15-,22+. The van der Waals surface area contributed by atoms with Crippen molar-refractivity contribution in [2.75, 3.05) is 12.4 Å². The largest absolute Gasteiger partial charge is 0.480 e. The number of fused-ring (bicyclic) bond motifs is 2. The summed E-state index contributed by atoms with van der Waals surface area (Å²) in [4.78, 5) is 12.6. The second kappa shape index (κ2) is 7.49. The molecule has 0 saturated heterocycles. The molecule has 0 unspecified atom stereocenters. The van der Waals surface area contributed by atoms with Crippen LogP contribution in [0.1, 0.15) is 44.9 Å². The molecule has 0 amide bonds. The van der Waals surface area contributed by atoms with Crippen molar-refractivity contribution in [1.29, 1.82) is 0 Å². The Labute approximate surface area is 179 Å². The highest BCUT2D eigenvalue weighted by atomic mass is 16.5. The van der Waals surface area contributed by atoms with Crippen molar-refractivity contribution in [2.24, 2.45) is 0 Å². The molecule has 4 aromatic rings. The van der Waals surface area contributed by atoms with E-state index >= 15 is 0 Å². The molecule has 0 aromatic carbocycles. The number of ether oxygens (including phenoxy) is 1. The number of methoxy groups -OCH3 is 1. The summed E-state index contributed by atoms with van der Waals surface area (Å²) in [5.74, 6) is 1.88. The Bertz CT molecular complexity index is 1240. The van der Waals surface area contributed by atoms with Gasteiger partial charge in [-0.3, -0.25) is 4.40 Å². The highest BCUT2D eigenvalue weighted by Gasteiger charge is 2.31. The first kappa shape index (κ1) is 19.7. The maximum atomic E-state index is 10.5. The van der Waals surface area contributed by atoms with Crippen molar-refractivity contribution in [1.82, 2.24) is 29.5 Å². The number of aliphatic hydroxyl groups is 1. The summed E-state index contributed by atoms with van der Waals surface area (Å²) in [6.07, 6.45) is 8.09. The second-order valence-electron chi connectivity index (χ2n) is 8.37. The summed E-state index contributed by atoms with van der Waals surface area (Å²) < 4.78 is 7.60. The number of H-pyrrole nitrogens is 1. The average Bonchev–Trinajstić information content (AvgIpc) is 3.38. The summed E-state index contributed by atoms with van der Waals surface area (Å²) in [6, 6.07) is 4.19. The van der Waals surface area contributed by atoms with Gasteiger partial charge in [0.25, 0.3) is 0 Å². The van der Waals surface area contributed by atoms with E-state index in [0.29, 0.717) is 17.5 Å². The first-order valence-electron chi connectivity index (χ1n) is 10.7. The van der Waals surface area contributed by atoms with Crippen LogP contribution < -0.4 is 10.1 Å². The van der Waals surface area contributed by atoms with E-state index in [1.54, 1.807) is 7.11 Å². The number of hydrogen-bond acceptors (Lipinski definition) is 7. The summed E-state index contributed by atoms with van der Waals surface area (Å²) in [7, 11) is 1.62. The van der Waals surface area contributed by atoms with Gasteiger partial charge in [0.05, 0.1) is 18.1 Å². The van der Waals surface area contributed by atoms with E-state index in [1.165, 1.54) is 0 Å². The van der Waals surface area contributed by atoms with Gasteiger partial charge in [0.2, 0.25) is 11.8 Å². The van der Waals surface area contributed by atoms with Gasteiger partial charge in [-0.15, -0.1) is 10.2 Å². The number of aryl methyl sites for hydroxylation is 1. The molecule has 0 bridgehead atoms. The normalized spacial score (nSPS) is 21.6. The smallest absolute Gasteiger partial charge is 0.228 e. The summed E-state index contributed by atoms with van der Waals surface area (Å²) >= 11 is 0. The lowest BCUT2D eigenvalue weighted by molar-refractivity contribution is -0.00198. The van der Waals surface area contributed by atoms with E-state index in [9.17, 15) is 5.11 Å². The van der Waals surface area contributed by atoms with E-state index in [4.69, 9.17) is 9.72 Å². The van der Waals surface area contributed by atoms with E-state index in [0.717, 1.165) is 60.1 Å². The second-order valence-corrected chi connectivity index (χ2v) is 8.37. The lowest BCUT2D eigenvalue weighted by Gasteiger charge is -2.35. The van der Waals surface area contributed by atoms with E-state index in [1.807, 2.05) is 42.8 Å². The van der Waals surface area contributed by atoms with Gasteiger partial charge >= 0.3 is 0 Å². The zero-order chi connectivity index (χ0) is 21.6. The van der Waals surface area contributed by atoms with Gasteiger partial charge < -0.3 is 20.1 Å². The summed E-state index contributed by atoms with van der Waals surface area (Å²) in [5, 5.41) is 23.0. The minimum absolute atomic E-state index is 0.238. The van der Waals surface area contributed by atoms with Crippen molar-refractivity contribution in [2.45, 2.75) is 57.6 Å². The molecule has 31 heavy (non-hydrogen) atoms. The van der Waals surface area contributed by atoms with Crippen LogP contribution >= 0.6 is 0 Å². The molecule has 9 nitrogen and oxygen atoms in total. The van der Waals surface area contributed by atoms with Crippen molar-refractivity contribution in [3.8, 4) is 17.0 Å². The van der Waals surface area contributed by atoms with Crippen molar-refractivity contribution in [3.05, 3.63) is 30.4 Å². The Morgan fingerprint density at radius 3 is 2.81 bits per heavy atom. The maximum Gasteiger partial charge on any atom is 0.228 e. The minimum Gasteiger partial charge on any atom is -0.480 e. The Morgan fingerprint density at radius 2 is 2.06 bits per heavy atom. The molecule has 1 aliphatic rings. The fraction of sp³-hybridized carbons (Fsp3) is 0.455. The molecule has 0 aliphatic heterocycles. The van der Waals surface area contributed by atoms with E-state index in [-0.39, 0.29) is 6.04 Å². The molecule has 0 spiro atoms. The van der Waals surface area contributed by atoms with Crippen LogP contribution in [0.25, 0.3) is 27.8 Å². The molecule has 4 heterocycles. The van der Waals surface area contributed by atoms with E-state index in [2.05, 4.69) is 25.5 Å². The number of nitrogens with zero attached hydrogens (tertiary/aromatic N) is 5. The lowest BCUT2D eigenvalue weighted by atomic mass is 9.80. The van der Waals surface area contributed by atoms with Gasteiger partial charge in [-0.2, -0.15) is 9.97 Å². The van der Waals surface area contributed by atoms with Crippen LogP contribution in [-0.4, -0.2) is 53.4 Å². The zero-order valence-corrected chi connectivity index (χ0v) is 18.0. The van der Waals surface area contributed by atoms with Crippen LogP contribution in [0.4, 0.5) is 5.95 Å². The Morgan fingerprint density at radius 1 is 1.26 bits per heavy atom. The van der Waals surface area contributed by atoms with Gasteiger partial charge in [0.15, 0.2) is 5.65 Å².